The molecule has 0 aliphatic carbocycles. The molecule has 3 aromatic rings. The molecule has 5 nitrogen and oxygen atoms in total. The molecule has 1 aliphatic rings. The van der Waals surface area contributed by atoms with Crippen LogP contribution in [0.15, 0.2) is 73.1 Å². The van der Waals surface area contributed by atoms with E-state index in [9.17, 15) is 4.79 Å². The molecule has 1 aromatic heterocycles. The Labute approximate surface area is 145 Å². The molecule has 0 saturated carbocycles. The smallest absolute Gasteiger partial charge is 0.255 e. The lowest BCUT2D eigenvalue weighted by atomic mass is 10.1. The van der Waals surface area contributed by atoms with Crippen molar-refractivity contribution in [2.24, 2.45) is 0 Å². The molecule has 0 unspecified atom stereocenters. The molecule has 25 heavy (non-hydrogen) atoms. The summed E-state index contributed by atoms with van der Waals surface area (Å²) in [4.78, 5) is 12.4. The van der Waals surface area contributed by atoms with Crippen LogP contribution in [0.1, 0.15) is 22.2 Å². The lowest BCUT2D eigenvalue weighted by Gasteiger charge is -2.11. The van der Waals surface area contributed by atoms with E-state index >= 15 is 0 Å². The Morgan fingerprint density at radius 2 is 1.56 bits per heavy atom. The minimum absolute atomic E-state index is 0.139. The van der Waals surface area contributed by atoms with Crippen LogP contribution in [0.3, 0.4) is 0 Å². The SMILES string of the molecule is O=C(Nc1ccc(C2OCCO2)cc1)c1ccc(-n2cccc2)cc1. The summed E-state index contributed by atoms with van der Waals surface area (Å²) in [7, 11) is 0. The minimum Gasteiger partial charge on any atom is -0.346 e. The molecule has 0 bridgehead atoms. The van der Waals surface area contributed by atoms with Crippen molar-refractivity contribution in [3.05, 3.63) is 84.2 Å². The second-order valence-corrected chi connectivity index (χ2v) is 5.79. The van der Waals surface area contributed by atoms with Gasteiger partial charge < -0.3 is 19.4 Å². The molecule has 1 amide bonds. The van der Waals surface area contributed by atoms with Crippen molar-refractivity contribution in [1.82, 2.24) is 4.57 Å². The molecular formula is C20H18N2O3. The number of amides is 1. The van der Waals surface area contributed by atoms with Gasteiger partial charge in [0, 0.05) is 34.9 Å². The van der Waals surface area contributed by atoms with Crippen molar-refractivity contribution in [2.45, 2.75) is 6.29 Å². The molecule has 0 atom stereocenters. The van der Waals surface area contributed by atoms with Gasteiger partial charge in [0.2, 0.25) is 0 Å². The third kappa shape index (κ3) is 3.47. The van der Waals surface area contributed by atoms with Crippen LogP contribution in [0, 0.1) is 0 Å². The van der Waals surface area contributed by atoms with Gasteiger partial charge in [0.1, 0.15) is 0 Å². The highest BCUT2D eigenvalue weighted by molar-refractivity contribution is 6.04. The number of hydrogen-bond donors (Lipinski definition) is 1. The maximum Gasteiger partial charge on any atom is 0.255 e. The van der Waals surface area contributed by atoms with E-state index in [1.807, 2.05) is 77.6 Å². The van der Waals surface area contributed by atoms with Crippen molar-refractivity contribution < 1.29 is 14.3 Å². The van der Waals surface area contributed by atoms with Crippen LogP contribution >= 0.6 is 0 Å². The number of anilines is 1. The Kier molecular flexibility index (Phi) is 4.33. The maximum absolute atomic E-state index is 12.4. The summed E-state index contributed by atoms with van der Waals surface area (Å²) in [5.74, 6) is -0.139. The van der Waals surface area contributed by atoms with Crippen LogP contribution in [0.25, 0.3) is 5.69 Å². The van der Waals surface area contributed by atoms with Crippen molar-refractivity contribution in [3.8, 4) is 5.69 Å². The molecule has 0 spiro atoms. The minimum atomic E-state index is -0.300. The van der Waals surface area contributed by atoms with Gasteiger partial charge in [0.25, 0.3) is 5.91 Å². The lowest BCUT2D eigenvalue weighted by Crippen LogP contribution is -2.12. The van der Waals surface area contributed by atoms with Gasteiger partial charge in [-0.05, 0) is 48.5 Å². The van der Waals surface area contributed by atoms with Gasteiger partial charge in [-0.1, -0.05) is 12.1 Å². The Hall–Kier alpha value is -2.89. The van der Waals surface area contributed by atoms with Crippen LogP contribution in [0.2, 0.25) is 0 Å². The topological polar surface area (TPSA) is 52.5 Å². The van der Waals surface area contributed by atoms with Crippen molar-refractivity contribution in [2.75, 3.05) is 18.5 Å². The predicted octanol–water partition coefficient (Wildman–Crippen LogP) is 3.78. The number of nitrogens with zero attached hydrogens (tertiary/aromatic N) is 1. The number of hydrogen-bond acceptors (Lipinski definition) is 3. The van der Waals surface area contributed by atoms with E-state index in [1.165, 1.54) is 0 Å². The van der Waals surface area contributed by atoms with Gasteiger partial charge in [-0.3, -0.25) is 4.79 Å². The molecule has 2 aromatic carbocycles. The zero-order valence-electron chi connectivity index (χ0n) is 13.6. The van der Waals surface area contributed by atoms with Gasteiger partial charge in [0.05, 0.1) is 13.2 Å². The first-order valence-electron chi connectivity index (χ1n) is 8.17. The quantitative estimate of drug-likeness (QED) is 0.790. The van der Waals surface area contributed by atoms with E-state index in [0.29, 0.717) is 18.8 Å². The summed E-state index contributed by atoms with van der Waals surface area (Å²) in [5, 5.41) is 2.90. The monoisotopic (exact) mass is 334 g/mol. The van der Waals surface area contributed by atoms with Gasteiger partial charge in [-0.15, -0.1) is 0 Å². The molecule has 5 heteroatoms. The summed E-state index contributed by atoms with van der Waals surface area (Å²) in [5.41, 5.74) is 3.32. The van der Waals surface area contributed by atoms with E-state index in [1.54, 1.807) is 0 Å². The normalized spacial score (nSPS) is 14.6. The van der Waals surface area contributed by atoms with Crippen LogP contribution in [-0.4, -0.2) is 23.7 Å². The van der Waals surface area contributed by atoms with Gasteiger partial charge in [-0.2, -0.15) is 0 Å². The van der Waals surface area contributed by atoms with Crippen LogP contribution < -0.4 is 5.32 Å². The fourth-order valence-electron chi connectivity index (χ4n) is 2.77. The Morgan fingerprint density at radius 1 is 0.920 bits per heavy atom. The predicted molar refractivity (Wildman–Crippen MR) is 94.8 cm³/mol. The number of rotatable bonds is 4. The fraction of sp³-hybridized carbons (Fsp3) is 0.150. The number of aromatic nitrogens is 1. The van der Waals surface area contributed by atoms with Crippen molar-refractivity contribution in [1.29, 1.82) is 0 Å². The molecule has 1 N–H and O–H groups in total. The zero-order valence-corrected chi connectivity index (χ0v) is 13.6. The second kappa shape index (κ2) is 6.93. The fourth-order valence-corrected chi connectivity index (χ4v) is 2.77. The molecule has 4 rings (SSSR count). The summed E-state index contributed by atoms with van der Waals surface area (Å²) in [6, 6.07) is 18.9. The summed E-state index contributed by atoms with van der Waals surface area (Å²) < 4.78 is 12.9. The molecular weight excluding hydrogens is 316 g/mol. The van der Waals surface area contributed by atoms with Gasteiger partial charge in [-0.25, -0.2) is 0 Å². The average molecular weight is 334 g/mol. The first-order chi connectivity index (χ1) is 12.3. The summed E-state index contributed by atoms with van der Waals surface area (Å²) in [6.07, 6.45) is 3.63. The summed E-state index contributed by atoms with van der Waals surface area (Å²) in [6.45, 7) is 1.23. The maximum atomic E-state index is 12.4. The number of ether oxygens (including phenoxy) is 2. The van der Waals surface area contributed by atoms with E-state index < -0.39 is 0 Å². The molecule has 0 radical (unpaired) electrons. The van der Waals surface area contributed by atoms with Crippen LogP contribution in [0.4, 0.5) is 5.69 Å². The number of carbonyl (C=O) groups excluding carboxylic acids is 1. The highest BCUT2D eigenvalue weighted by Gasteiger charge is 2.18. The largest absolute Gasteiger partial charge is 0.346 e. The molecule has 1 saturated heterocycles. The van der Waals surface area contributed by atoms with Gasteiger partial charge >= 0.3 is 0 Å². The molecule has 2 heterocycles. The Bertz CT molecular complexity index is 834. The van der Waals surface area contributed by atoms with Crippen molar-refractivity contribution >= 4 is 11.6 Å². The summed E-state index contributed by atoms with van der Waals surface area (Å²) >= 11 is 0. The van der Waals surface area contributed by atoms with Crippen molar-refractivity contribution in [3.63, 3.8) is 0 Å². The molecule has 126 valence electrons. The average Bonchev–Trinajstić information content (AvgIpc) is 3.36. The van der Waals surface area contributed by atoms with E-state index in [-0.39, 0.29) is 12.2 Å². The van der Waals surface area contributed by atoms with Gasteiger partial charge in [0.15, 0.2) is 6.29 Å². The third-order valence-corrected chi connectivity index (χ3v) is 4.09. The lowest BCUT2D eigenvalue weighted by molar-refractivity contribution is -0.0441. The Balaban J connectivity index is 1.42. The Morgan fingerprint density at radius 3 is 2.20 bits per heavy atom. The standard InChI is InChI=1S/C20H18N2O3/c23-19(15-5-9-18(10-6-15)22-11-1-2-12-22)21-17-7-3-16(4-8-17)20-24-13-14-25-20/h1-12,20H,13-14H2,(H,21,23). The third-order valence-electron chi connectivity index (χ3n) is 4.09. The first kappa shape index (κ1) is 15.6. The van der Waals surface area contributed by atoms with E-state index in [0.717, 1.165) is 16.9 Å². The highest BCUT2D eigenvalue weighted by atomic mass is 16.7. The molecule has 1 fully saturated rings. The van der Waals surface area contributed by atoms with E-state index in [4.69, 9.17) is 9.47 Å². The second-order valence-electron chi connectivity index (χ2n) is 5.79. The van der Waals surface area contributed by atoms with Crippen LogP contribution in [0.5, 0.6) is 0 Å². The number of nitrogens with one attached hydrogen (secondary N) is 1. The first-order valence-corrected chi connectivity index (χ1v) is 8.17. The number of benzene rings is 2. The zero-order chi connectivity index (χ0) is 17.1. The van der Waals surface area contributed by atoms with Crippen LogP contribution in [-0.2, 0) is 9.47 Å². The molecule has 1 aliphatic heterocycles. The van der Waals surface area contributed by atoms with E-state index in [2.05, 4.69) is 5.32 Å². The highest BCUT2D eigenvalue weighted by Crippen LogP contribution is 2.24. The number of carbonyl (C=O) groups is 1.